The van der Waals surface area contributed by atoms with Gasteiger partial charge in [-0.25, -0.2) is 4.79 Å². The van der Waals surface area contributed by atoms with Crippen molar-refractivity contribution in [1.82, 2.24) is 4.90 Å². The first-order chi connectivity index (χ1) is 11.2. The van der Waals surface area contributed by atoms with E-state index in [-0.39, 0.29) is 12.5 Å². The minimum absolute atomic E-state index is 0.139. The summed E-state index contributed by atoms with van der Waals surface area (Å²) >= 11 is 5.96. The molecule has 1 aromatic carbocycles. The lowest BCUT2D eigenvalue weighted by molar-refractivity contribution is -0.190. The summed E-state index contributed by atoms with van der Waals surface area (Å²) in [7, 11) is 0. The highest BCUT2D eigenvalue weighted by atomic mass is 35.5. The van der Waals surface area contributed by atoms with Crippen LogP contribution in [-0.2, 0) is 14.3 Å². The van der Waals surface area contributed by atoms with Gasteiger partial charge in [-0.15, -0.1) is 0 Å². The highest BCUT2D eigenvalue weighted by Crippen LogP contribution is 2.34. The third-order valence-electron chi connectivity index (χ3n) is 3.85. The van der Waals surface area contributed by atoms with Gasteiger partial charge in [0, 0.05) is 11.6 Å². The summed E-state index contributed by atoms with van der Waals surface area (Å²) in [6.07, 6.45) is -3.24. The van der Waals surface area contributed by atoms with Gasteiger partial charge in [0.05, 0.1) is 6.04 Å². The lowest BCUT2D eigenvalue weighted by atomic mass is 9.90. The van der Waals surface area contributed by atoms with Crippen molar-refractivity contribution < 1.29 is 27.5 Å². The zero-order chi connectivity index (χ0) is 17.9. The van der Waals surface area contributed by atoms with Gasteiger partial charge in [-0.2, -0.15) is 13.2 Å². The molecule has 1 saturated heterocycles. The third-order valence-corrected chi connectivity index (χ3v) is 4.09. The second-order valence-electron chi connectivity index (χ2n) is 5.90. The number of benzene rings is 1. The second kappa shape index (κ2) is 7.42. The van der Waals surface area contributed by atoms with Crippen molar-refractivity contribution in [1.29, 1.82) is 0 Å². The molecule has 1 fully saturated rings. The molecular formula is C16H17ClF3NO3. The zero-order valence-corrected chi connectivity index (χ0v) is 13.7. The summed E-state index contributed by atoms with van der Waals surface area (Å²) in [5, 5.41) is 0.484. The average molecular weight is 364 g/mol. The van der Waals surface area contributed by atoms with E-state index in [0.29, 0.717) is 11.4 Å². The van der Waals surface area contributed by atoms with E-state index in [1.165, 1.54) is 4.90 Å². The van der Waals surface area contributed by atoms with E-state index in [1.54, 1.807) is 24.3 Å². The van der Waals surface area contributed by atoms with Crippen LogP contribution >= 0.6 is 11.6 Å². The molecular weight excluding hydrogens is 347 g/mol. The number of hydrogen-bond acceptors (Lipinski definition) is 3. The van der Waals surface area contributed by atoms with Gasteiger partial charge < -0.3 is 9.64 Å². The van der Waals surface area contributed by atoms with E-state index in [2.05, 4.69) is 4.74 Å². The quantitative estimate of drug-likeness (QED) is 0.594. The summed E-state index contributed by atoms with van der Waals surface area (Å²) in [6, 6.07) is 6.45. The van der Waals surface area contributed by atoms with E-state index in [4.69, 9.17) is 11.6 Å². The summed E-state index contributed by atoms with van der Waals surface area (Å²) < 4.78 is 40.5. The Kier molecular flexibility index (Phi) is 5.74. The van der Waals surface area contributed by atoms with Gasteiger partial charge in [0.25, 0.3) is 0 Å². The molecule has 0 unspecified atom stereocenters. The largest absolute Gasteiger partial charge is 0.449 e. The molecule has 0 radical (unpaired) electrons. The van der Waals surface area contributed by atoms with Gasteiger partial charge in [-0.1, -0.05) is 30.7 Å². The van der Waals surface area contributed by atoms with Gasteiger partial charge >= 0.3 is 18.1 Å². The van der Waals surface area contributed by atoms with E-state index in [9.17, 15) is 22.8 Å². The van der Waals surface area contributed by atoms with Crippen LogP contribution in [0.5, 0.6) is 0 Å². The topological polar surface area (TPSA) is 46.6 Å². The van der Waals surface area contributed by atoms with Crippen LogP contribution in [0.1, 0.15) is 31.4 Å². The smallest absolute Gasteiger partial charge is 0.422 e. The second-order valence-corrected chi connectivity index (χ2v) is 6.34. The summed E-state index contributed by atoms with van der Waals surface area (Å²) in [5.74, 6) is -2.41. The number of likely N-dealkylation sites (tertiary alicyclic amines) is 1. The molecule has 1 aromatic rings. The number of esters is 1. The molecule has 4 nitrogen and oxygen atoms in total. The van der Waals surface area contributed by atoms with Crippen LogP contribution in [0.25, 0.3) is 0 Å². The Hall–Kier alpha value is -1.76. The summed E-state index contributed by atoms with van der Waals surface area (Å²) in [6.45, 7) is 0.412. The van der Waals surface area contributed by atoms with Gasteiger partial charge in [-0.05, 0) is 36.5 Å². The first-order valence-corrected chi connectivity index (χ1v) is 7.85. The van der Waals surface area contributed by atoms with Crippen molar-refractivity contribution in [3.05, 3.63) is 34.9 Å². The molecule has 0 saturated carbocycles. The molecule has 0 N–H and O–H groups in total. The van der Waals surface area contributed by atoms with Gasteiger partial charge in [0.1, 0.15) is 0 Å². The van der Waals surface area contributed by atoms with Gasteiger partial charge in [0.2, 0.25) is 0 Å². The Morgan fingerprint density at radius 2 is 2.04 bits per heavy atom. The number of carbonyl (C=O) groups excluding carboxylic acids is 2. The number of hydrogen-bond donors (Lipinski definition) is 0. The van der Waals surface area contributed by atoms with E-state index in [0.717, 1.165) is 12.0 Å². The first-order valence-electron chi connectivity index (χ1n) is 7.47. The Morgan fingerprint density at radius 1 is 1.33 bits per heavy atom. The maximum absolute atomic E-state index is 12.3. The minimum Gasteiger partial charge on any atom is -0.449 e. The SMILES string of the molecule is C[C@H]1CC[C@H](c2cccc(Cl)c2)N(C(=O)C(=O)OCC(F)(F)F)C1. The normalized spacial score (nSPS) is 21.5. The molecule has 132 valence electrons. The number of carbonyl (C=O) groups is 2. The predicted molar refractivity (Wildman–Crippen MR) is 81.3 cm³/mol. The highest BCUT2D eigenvalue weighted by Gasteiger charge is 2.37. The monoisotopic (exact) mass is 363 g/mol. The van der Waals surface area contributed by atoms with Gasteiger partial charge in [0.15, 0.2) is 6.61 Å². The minimum atomic E-state index is -4.67. The molecule has 1 heterocycles. The average Bonchev–Trinajstić information content (AvgIpc) is 2.51. The number of halogens is 4. The molecule has 2 atom stereocenters. The Balaban J connectivity index is 2.16. The summed E-state index contributed by atoms with van der Waals surface area (Å²) in [4.78, 5) is 25.3. The van der Waals surface area contributed by atoms with Crippen LogP contribution in [0.4, 0.5) is 13.2 Å². The molecule has 0 aliphatic carbocycles. The fraction of sp³-hybridized carbons (Fsp3) is 0.500. The Bertz CT molecular complexity index is 621. The zero-order valence-electron chi connectivity index (χ0n) is 13.0. The van der Waals surface area contributed by atoms with Crippen molar-refractivity contribution in [2.75, 3.05) is 13.2 Å². The maximum Gasteiger partial charge on any atom is 0.422 e. The lowest BCUT2D eigenvalue weighted by Gasteiger charge is -2.38. The van der Waals surface area contributed by atoms with Crippen LogP contribution < -0.4 is 0 Å². The fourth-order valence-electron chi connectivity index (χ4n) is 2.76. The molecule has 1 aliphatic rings. The van der Waals surface area contributed by atoms with Crippen LogP contribution in [0.3, 0.4) is 0 Å². The van der Waals surface area contributed by atoms with Crippen LogP contribution in [0.2, 0.25) is 5.02 Å². The molecule has 1 amide bonds. The molecule has 8 heteroatoms. The number of amides is 1. The summed E-state index contributed by atoms with van der Waals surface area (Å²) in [5.41, 5.74) is 0.742. The van der Waals surface area contributed by atoms with Crippen LogP contribution in [0, 0.1) is 5.92 Å². The van der Waals surface area contributed by atoms with Gasteiger partial charge in [-0.3, -0.25) is 4.79 Å². The van der Waals surface area contributed by atoms with Crippen LogP contribution in [0.15, 0.2) is 24.3 Å². The van der Waals surface area contributed by atoms with E-state index >= 15 is 0 Å². The molecule has 24 heavy (non-hydrogen) atoms. The van der Waals surface area contributed by atoms with Crippen molar-refractivity contribution >= 4 is 23.5 Å². The van der Waals surface area contributed by atoms with Crippen molar-refractivity contribution in [3.8, 4) is 0 Å². The number of rotatable bonds is 2. The number of ether oxygens (including phenoxy) is 1. The Labute approximate surface area is 142 Å². The lowest BCUT2D eigenvalue weighted by Crippen LogP contribution is -2.45. The molecule has 0 spiro atoms. The van der Waals surface area contributed by atoms with E-state index < -0.39 is 30.7 Å². The van der Waals surface area contributed by atoms with E-state index in [1.807, 2.05) is 6.92 Å². The third kappa shape index (κ3) is 4.87. The predicted octanol–water partition coefficient (Wildman–Crippen LogP) is 3.75. The first kappa shape index (κ1) is 18.6. The van der Waals surface area contributed by atoms with Crippen molar-refractivity contribution in [2.24, 2.45) is 5.92 Å². The standard InChI is InChI=1S/C16H17ClF3NO3/c1-10-5-6-13(11-3-2-4-12(17)7-11)21(8-10)14(22)15(23)24-9-16(18,19)20/h2-4,7,10,13H,5-6,8-9H2,1H3/t10-,13+/m0/s1. The molecule has 1 aliphatic heterocycles. The maximum atomic E-state index is 12.3. The van der Waals surface area contributed by atoms with Crippen molar-refractivity contribution in [2.45, 2.75) is 32.0 Å². The number of piperidine rings is 1. The Morgan fingerprint density at radius 3 is 2.67 bits per heavy atom. The molecule has 0 bridgehead atoms. The number of nitrogens with zero attached hydrogens (tertiary/aromatic N) is 1. The highest BCUT2D eigenvalue weighted by molar-refractivity contribution is 6.32. The fourth-order valence-corrected chi connectivity index (χ4v) is 2.96. The van der Waals surface area contributed by atoms with Crippen LogP contribution in [-0.4, -0.2) is 36.1 Å². The molecule has 2 rings (SSSR count). The molecule has 0 aromatic heterocycles. The number of alkyl halides is 3. The van der Waals surface area contributed by atoms with Crippen molar-refractivity contribution in [3.63, 3.8) is 0 Å².